The van der Waals surface area contributed by atoms with Crippen LogP contribution in [-0.2, 0) is 14.8 Å². The third-order valence-electron chi connectivity index (χ3n) is 3.43. The Kier molecular flexibility index (Phi) is 5.39. The second-order valence-corrected chi connectivity index (χ2v) is 7.78. The highest BCUT2D eigenvalue weighted by Gasteiger charge is 2.28. The van der Waals surface area contributed by atoms with Crippen molar-refractivity contribution in [2.75, 3.05) is 4.72 Å². The molecule has 0 heterocycles. The summed E-state index contributed by atoms with van der Waals surface area (Å²) in [7, 11) is -3.95. The number of hydrogen-bond acceptors (Lipinski definition) is 3. The lowest BCUT2D eigenvalue weighted by Crippen LogP contribution is -2.32. The van der Waals surface area contributed by atoms with Gasteiger partial charge in [0, 0.05) is 0 Å². The second-order valence-electron chi connectivity index (χ2n) is 5.78. The van der Waals surface area contributed by atoms with Gasteiger partial charge in [0.05, 0.1) is 5.69 Å². The molecule has 0 bridgehead atoms. The summed E-state index contributed by atoms with van der Waals surface area (Å²) < 4.78 is 26.5. The molecule has 0 fully saturated rings. The van der Waals surface area contributed by atoms with Crippen LogP contribution < -0.4 is 4.72 Å². The largest absolute Gasteiger partial charge is 0.480 e. The van der Waals surface area contributed by atoms with Gasteiger partial charge in [-0.05, 0) is 36.0 Å². The van der Waals surface area contributed by atoms with Crippen molar-refractivity contribution in [2.24, 2.45) is 0 Å². The number of rotatable bonds is 6. The molecule has 1 atom stereocenters. The van der Waals surface area contributed by atoms with Gasteiger partial charge in [-0.25, -0.2) is 8.42 Å². The van der Waals surface area contributed by atoms with E-state index in [9.17, 15) is 13.2 Å². The monoisotopic (exact) mass is 313 g/mol. The molecular formula is C15H23NO4S. The third kappa shape index (κ3) is 4.20. The molecule has 1 aromatic rings. The summed E-state index contributed by atoms with van der Waals surface area (Å²) in [5.74, 6) is -0.903. The minimum atomic E-state index is -3.95. The molecule has 0 aliphatic rings. The topological polar surface area (TPSA) is 83.5 Å². The van der Waals surface area contributed by atoms with E-state index in [-0.39, 0.29) is 5.92 Å². The highest BCUT2D eigenvalue weighted by molar-refractivity contribution is 7.94. The average Bonchev–Trinajstić information content (AvgIpc) is 2.37. The molecule has 0 radical (unpaired) electrons. The Labute approximate surface area is 126 Å². The Hall–Kier alpha value is -1.56. The van der Waals surface area contributed by atoms with Gasteiger partial charge in [-0.15, -0.1) is 0 Å². The number of carboxylic acid groups (broad SMARTS) is 1. The normalized spacial score (nSPS) is 13.5. The number of hydrogen-bond donors (Lipinski definition) is 2. The van der Waals surface area contributed by atoms with Gasteiger partial charge in [0.25, 0.3) is 0 Å². The van der Waals surface area contributed by atoms with Crippen molar-refractivity contribution >= 4 is 21.7 Å². The summed E-state index contributed by atoms with van der Waals surface area (Å²) in [6, 6.07) is 5.54. The van der Waals surface area contributed by atoms with E-state index in [1.807, 2.05) is 26.0 Å². The molecule has 5 nitrogen and oxygen atoms in total. The van der Waals surface area contributed by atoms with Crippen LogP contribution >= 0.6 is 0 Å². The lowest BCUT2D eigenvalue weighted by molar-refractivity contribution is -0.136. The molecule has 0 saturated heterocycles. The van der Waals surface area contributed by atoms with Crippen LogP contribution in [0.3, 0.4) is 0 Å². The first-order chi connectivity index (χ1) is 9.56. The van der Waals surface area contributed by atoms with Gasteiger partial charge in [0.15, 0.2) is 5.25 Å². The maximum absolute atomic E-state index is 12.0. The van der Waals surface area contributed by atoms with Gasteiger partial charge in [0.2, 0.25) is 10.0 Å². The van der Waals surface area contributed by atoms with Crippen LogP contribution in [0.4, 0.5) is 5.69 Å². The summed E-state index contributed by atoms with van der Waals surface area (Å²) >= 11 is 0. The number of anilines is 1. The van der Waals surface area contributed by atoms with Crippen molar-refractivity contribution in [3.63, 3.8) is 0 Å². The second kappa shape index (κ2) is 6.47. The first-order valence-corrected chi connectivity index (χ1v) is 8.49. The molecule has 0 aromatic heterocycles. The van der Waals surface area contributed by atoms with Crippen molar-refractivity contribution in [1.82, 2.24) is 0 Å². The van der Waals surface area contributed by atoms with Crippen LogP contribution in [0.2, 0.25) is 0 Å². The maximum Gasteiger partial charge on any atom is 0.323 e. The quantitative estimate of drug-likeness (QED) is 0.845. The number of carbonyl (C=O) groups is 1. The lowest BCUT2D eigenvalue weighted by atomic mass is 9.94. The summed E-state index contributed by atoms with van der Waals surface area (Å²) in [6.45, 7) is 9.23. The fourth-order valence-electron chi connectivity index (χ4n) is 1.89. The van der Waals surface area contributed by atoms with Gasteiger partial charge in [-0.1, -0.05) is 39.8 Å². The van der Waals surface area contributed by atoms with E-state index in [2.05, 4.69) is 18.6 Å². The zero-order valence-corrected chi connectivity index (χ0v) is 13.9. The minimum Gasteiger partial charge on any atom is -0.480 e. The molecular weight excluding hydrogens is 290 g/mol. The molecule has 2 N–H and O–H groups in total. The molecule has 1 unspecified atom stereocenters. The summed E-state index contributed by atoms with van der Waals surface area (Å²) in [5, 5.41) is 7.37. The molecule has 0 amide bonds. The van der Waals surface area contributed by atoms with Gasteiger partial charge in [-0.2, -0.15) is 0 Å². The molecule has 0 saturated carbocycles. The summed E-state index contributed by atoms with van der Waals surface area (Å²) in [5.41, 5.74) is 2.43. The molecule has 0 spiro atoms. The van der Waals surface area contributed by atoms with E-state index in [0.717, 1.165) is 18.1 Å². The van der Waals surface area contributed by atoms with E-state index < -0.39 is 21.2 Å². The Balaban J connectivity index is 3.23. The molecule has 1 aromatic carbocycles. The van der Waals surface area contributed by atoms with Crippen LogP contribution in [0.15, 0.2) is 18.2 Å². The van der Waals surface area contributed by atoms with Crippen LogP contribution in [0.25, 0.3) is 0 Å². The Morgan fingerprint density at radius 3 is 2.10 bits per heavy atom. The number of sulfonamides is 1. The predicted octanol–water partition coefficient (Wildman–Crippen LogP) is 3.15. The van der Waals surface area contributed by atoms with E-state index >= 15 is 0 Å². The Bertz CT molecular complexity index is 621. The van der Waals surface area contributed by atoms with Crippen LogP contribution in [-0.4, -0.2) is 24.7 Å². The van der Waals surface area contributed by atoms with E-state index in [1.165, 1.54) is 0 Å². The average molecular weight is 313 g/mol. The first kappa shape index (κ1) is 17.5. The number of benzene rings is 1. The van der Waals surface area contributed by atoms with Crippen molar-refractivity contribution < 1.29 is 18.3 Å². The zero-order chi connectivity index (χ0) is 16.4. The molecule has 21 heavy (non-hydrogen) atoms. The SMILES string of the molecule is CC(C)c1ccc(NS(=O)(=O)C(C)C(=O)O)c(C(C)C)c1. The fraction of sp³-hybridized carbons (Fsp3) is 0.533. The molecule has 0 aliphatic carbocycles. The molecule has 1 rings (SSSR count). The number of nitrogens with one attached hydrogen (secondary N) is 1. The number of aliphatic carboxylic acids is 1. The minimum absolute atomic E-state index is 0.126. The van der Waals surface area contributed by atoms with Crippen molar-refractivity contribution in [3.8, 4) is 0 Å². The van der Waals surface area contributed by atoms with Crippen LogP contribution in [0.5, 0.6) is 0 Å². The van der Waals surface area contributed by atoms with E-state index in [4.69, 9.17) is 5.11 Å². The molecule has 6 heteroatoms. The number of carboxylic acids is 1. The van der Waals surface area contributed by atoms with E-state index in [1.54, 1.807) is 6.07 Å². The van der Waals surface area contributed by atoms with Crippen molar-refractivity contribution in [2.45, 2.75) is 51.7 Å². The Morgan fingerprint density at radius 2 is 1.67 bits per heavy atom. The first-order valence-electron chi connectivity index (χ1n) is 6.94. The summed E-state index contributed by atoms with van der Waals surface area (Å²) in [6.07, 6.45) is 0. The van der Waals surface area contributed by atoms with Crippen LogP contribution in [0.1, 0.15) is 57.6 Å². The van der Waals surface area contributed by atoms with Gasteiger partial charge in [0.1, 0.15) is 0 Å². The third-order valence-corrected chi connectivity index (χ3v) is 5.07. The van der Waals surface area contributed by atoms with Crippen molar-refractivity contribution in [1.29, 1.82) is 0 Å². The zero-order valence-electron chi connectivity index (χ0n) is 13.0. The highest BCUT2D eigenvalue weighted by Crippen LogP contribution is 2.29. The van der Waals surface area contributed by atoms with Crippen LogP contribution in [0, 0.1) is 0 Å². The standard InChI is InChI=1S/C15H23NO4S/c1-9(2)12-6-7-14(13(8-12)10(3)4)16-21(19,20)11(5)15(17)18/h6-11,16H,1-5H3,(H,17,18). The smallest absolute Gasteiger partial charge is 0.323 e. The molecule has 0 aliphatic heterocycles. The van der Waals surface area contributed by atoms with E-state index in [0.29, 0.717) is 11.6 Å². The highest BCUT2D eigenvalue weighted by atomic mass is 32.2. The van der Waals surface area contributed by atoms with Gasteiger partial charge < -0.3 is 5.11 Å². The van der Waals surface area contributed by atoms with Crippen molar-refractivity contribution in [3.05, 3.63) is 29.3 Å². The Morgan fingerprint density at radius 1 is 1.10 bits per heavy atom. The van der Waals surface area contributed by atoms with Gasteiger partial charge >= 0.3 is 5.97 Å². The fourth-order valence-corrected chi connectivity index (χ4v) is 2.82. The lowest BCUT2D eigenvalue weighted by Gasteiger charge is -2.18. The van der Waals surface area contributed by atoms with Gasteiger partial charge in [-0.3, -0.25) is 9.52 Å². The molecule has 118 valence electrons. The summed E-state index contributed by atoms with van der Waals surface area (Å²) in [4.78, 5) is 10.9. The maximum atomic E-state index is 12.0. The predicted molar refractivity (Wildman–Crippen MR) is 84.3 cm³/mol.